The summed E-state index contributed by atoms with van der Waals surface area (Å²) in [6.45, 7) is 2.26. The van der Waals surface area contributed by atoms with E-state index in [1.165, 1.54) is 12.1 Å². The molecule has 1 aromatic rings. The molecule has 0 heterocycles. The maximum Gasteiger partial charge on any atom is 0.147 e. The van der Waals surface area contributed by atoms with Gasteiger partial charge in [-0.15, -0.1) is 0 Å². The van der Waals surface area contributed by atoms with Gasteiger partial charge in [-0.25, -0.2) is 4.39 Å². The van der Waals surface area contributed by atoms with E-state index < -0.39 is 16.6 Å². The predicted octanol–water partition coefficient (Wildman–Crippen LogP) is 1.88. The Morgan fingerprint density at radius 3 is 2.81 bits per heavy atom. The molecule has 0 fully saturated rings. The molecule has 86 valence electrons. The molecule has 0 radical (unpaired) electrons. The first kappa shape index (κ1) is 12.7. The van der Waals surface area contributed by atoms with Gasteiger partial charge in [0, 0.05) is 28.9 Å². The minimum absolute atomic E-state index is 0.0463. The van der Waals surface area contributed by atoms with Crippen LogP contribution < -0.4 is 5.32 Å². The van der Waals surface area contributed by atoms with Gasteiger partial charge >= 0.3 is 0 Å². The van der Waals surface area contributed by atoms with Crippen LogP contribution in [0.15, 0.2) is 18.2 Å². The van der Waals surface area contributed by atoms with E-state index in [1.807, 2.05) is 13.0 Å². The maximum atomic E-state index is 13.4. The number of hydrogen-bond donors (Lipinski definition) is 1. The third-order valence-electron chi connectivity index (χ3n) is 2.24. The first-order chi connectivity index (χ1) is 7.54. The molecule has 0 saturated heterocycles. The van der Waals surface area contributed by atoms with Gasteiger partial charge in [0.1, 0.15) is 5.82 Å². The van der Waals surface area contributed by atoms with E-state index in [9.17, 15) is 8.60 Å². The van der Waals surface area contributed by atoms with Crippen LogP contribution in [0, 0.1) is 17.1 Å². The van der Waals surface area contributed by atoms with Crippen LogP contribution in [0.4, 0.5) is 10.1 Å². The molecule has 0 aliphatic heterocycles. The summed E-state index contributed by atoms with van der Waals surface area (Å²) >= 11 is 0. The third kappa shape index (κ3) is 3.31. The maximum absolute atomic E-state index is 13.4. The summed E-state index contributed by atoms with van der Waals surface area (Å²) in [5.74, 6) is -0.465. The summed E-state index contributed by atoms with van der Waals surface area (Å²) in [6.07, 6.45) is 1.61. The zero-order valence-electron chi connectivity index (χ0n) is 9.16. The number of nitriles is 1. The fraction of sp³-hybridized carbons (Fsp3) is 0.364. The van der Waals surface area contributed by atoms with Gasteiger partial charge in [0.05, 0.1) is 17.3 Å². The lowest BCUT2D eigenvalue weighted by Crippen LogP contribution is -2.21. The van der Waals surface area contributed by atoms with E-state index in [1.54, 1.807) is 12.3 Å². The molecule has 16 heavy (non-hydrogen) atoms. The molecule has 2 atom stereocenters. The minimum Gasteiger partial charge on any atom is -0.381 e. The topological polar surface area (TPSA) is 52.9 Å². The van der Waals surface area contributed by atoms with Crippen molar-refractivity contribution in [3.05, 3.63) is 29.6 Å². The van der Waals surface area contributed by atoms with Crippen molar-refractivity contribution in [3.8, 4) is 6.07 Å². The molecule has 3 nitrogen and oxygen atoms in total. The van der Waals surface area contributed by atoms with Gasteiger partial charge < -0.3 is 5.32 Å². The fourth-order valence-corrected chi connectivity index (χ4v) is 1.42. The largest absolute Gasteiger partial charge is 0.381 e. The van der Waals surface area contributed by atoms with Gasteiger partial charge in [-0.2, -0.15) is 5.26 Å². The zero-order valence-corrected chi connectivity index (χ0v) is 9.97. The van der Waals surface area contributed by atoms with E-state index in [-0.39, 0.29) is 10.8 Å². The summed E-state index contributed by atoms with van der Waals surface area (Å²) in [7, 11) is -0.934. The number of nitrogens with zero attached hydrogens (tertiary/aromatic N) is 1. The lowest BCUT2D eigenvalue weighted by atomic mass is 10.2. The minimum atomic E-state index is -0.934. The average Bonchev–Trinajstić information content (AvgIpc) is 2.26. The second-order valence-corrected chi connectivity index (χ2v) is 5.30. The van der Waals surface area contributed by atoms with Gasteiger partial charge in [-0.1, -0.05) is 0 Å². The fourth-order valence-electron chi connectivity index (χ4n) is 1.10. The first-order valence-corrected chi connectivity index (χ1v) is 6.42. The monoisotopic (exact) mass is 240 g/mol. The molecule has 1 aromatic carbocycles. The number of anilines is 1. The number of nitrogens with one attached hydrogen (secondary N) is 1. The second-order valence-electron chi connectivity index (χ2n) is 3.50. The number of halogens is 1. The van der Waals surface area contributed by atoms with Gasteiger partial charge in [0.25, 0.3) is 0 Å². The van der Waals surface area contributed by atoms with Crippen molar-refractivity contribution >= 4 is 16.5 Å². The van der Waals surface area contributed by atoms with Crippen molar-refractivity contribution in [2.45, 2.75) is 12.2 Å². The molecule has 0 bridgehead atoms. The Labute approximate surface area is 96.7 Å². The van der Waals surface area contributed by atoms with E-state index in [0.717, 1.165) is 0 Å². The Kier molecular flexibility index (Phi) is 4.44. The van der Waals surface area contributed by atoms with E-state index >= 15 is 0 Å². The van der Waals surface area contributed by atoms with Crippen LogP contribution in [-0.2, 0) is 10.8 Å². The van der Waals surface area contributed by atoms with Crippen LogP contribution in [-0.4, -0.2) is 22.3 Å². The molecule has 0 amide bonds. The summed E-state index contributed by atoms with van der Waals surface area (Å²) in [6, 6.07) is 6.09. The second kappa shape index (κ2) is 5.61. The highest BCUT2D eigenvalue weighted by Gasteiger charge is 2.08. The van der Waals surface area contributed by atoms with Gasteiger partial charge in [-0.05, 0) is 25.1 Å². The van der Waals surface area contributed by atoms with Crippen LogP contribution in [0.5, 0.6) is 0 Å². The van der Waals surface area contributed by atoms with Crippen molar-refractivity contribution in [2.24, 2.45) is 0 Å². The molecule has 0 aliphatic rings. The molecule has 1 N–H and O–H groups in total. The Balaban J connectivity index is 2.69. The lowest BCUT2D eigenvalue weighted by molar-refractivity contribution is 0.629. The molecule has 2 unspecified atom stereocenters. The standard InChI is InChI=1S/C11H13FN2OS/c1-8(16(2)15)7-14-11-4-3-9(6-13)5-10(11)12/h3-5,8,14H,7H2,1-2H3. The normalized spacial score (nSPS) is 13.9. The van der Waals surface area contributed by atoms with E-state index in [4.69, 9.17) is 5.26 Å². The molecule has 0 aliphatic carbocycles. The lowest BCUT2D eigenvalue weighted by Gasteiger charge is -2.11. The van der Waals surface area contributed by atoms with E-state index in [0.29, 0.717) is 12.2 Å². The van der Waals surface area contributed by atoms with Crippen LogP contribution in [0.1, 0.15) is 12.5 Å². The molecule has 0 aromatic heterocycles. The van der Waals surface area contributed by atoms with Gasteiger partial charge in [0.15, 0.2) is 0 Å². The van der Waals surface area contributed by atoms with Gasteiger partial charge in [-0.3, -0.25) is 4.21 Å². The molecule has 5 heteroatoms. The molecule has 1 rings (SSSR count). The van der Waals surface area contributed by atoms with Crippen LogP contribution in [0.3, 0.4) is 0 Å². The Morgan fingerprint density at radius 1 is 1.62 bits per heavy atom. The highest BCUT2D eigenvalue weighted by Crippen LogP contribution is 2.15. The third-order valence-corrected chi connectivity index (χ3v) is 3.54. The highest BCUT2D eigenvalue weighted by molar-refractivity contribution is 7.84. The molecular weight excluding hydrogens is 227 g/mol. The van der Waals surface area contributed by atoms with Crippen molar-refractivity contribution in [3.63, 3.8) is 0 Å². The SMILES string of the molecule is CC(CNc1ccc(C#N)cc1F)S(C)=O. The van der Waals surface area contributed by atoms with Crippen molar-refractivity contribution < 1.29 is 8.60 Å². The first-order valence-electron chi connectivity index (χ1n) is 4.80. The van der Waals surface area contributed by atoms with Crippen molar-refractivity contribution in [1.82, 2.24) is 0 Å². The average molecular weight is 240 g/mol. The predicted molar refractivity (Wildman–Crippen MR) is 63.1 cm³/mol. The molecule has 0 saturated carbocycles. The van der Waals surface area contributed by atoms with E-state index in [2.05, 4.69) is 5.32 Å². The summed E-state index contributed by atoms with van der Waals surface area (Å²) < 4.78 is 24.5. The summed E-state index contributed by atoms with van der Waals surface area (Å²) in [5, 5.41) is 11.4. The van der Waals surface area contributed by atoms with Crippen molar-refractivity contribution in [1.29, 1.82) is 5.26 Å². The Hall–Kier alpha value is -1.41. The summed E-state index contributed by atoms with van der Waals surface area (Å²) in [4.78, 5) is 0. The zero-order chi connectivity index (χ0) is 12.1. The van der Waals surface area contributed by atoms with Gasteiger partial charge in [0.2, 0.25) is 0 Å². The number of hydrogen-bond acceptors (Lipinski definition) is 3. The molecule has 0 spiro atoms. The van der Waals surface area contributed by atoms with Crippen LogP contribution >= 0.6 is 0 Å². The van der Waals surface area contributed by atoms with Crippen LogP contribution in [0.2, 0.25) is 0 Å². The highest BCUT2D eigenvalue weighted by atomic mass is 32.2. The quantitative estimate of drug-likeness (QED) is 0.874. The number of rotatable bonds is 4. The Bertz CT molecular complexity index is 442. The van der Waals surface area contributed by atoms with Crippen molar-refractivity contribution in [2.75, 3.05) is 18.1 Å². The molecular formula is C11H13FN2OS. The summed E-state index contributed by atoms with van der Waals surface area (Å²) in [5.41, 5.74) is 0.617. The number of benzene rings is 1. The Morgan fingerprint density at radius 2 is 2.31 bits per heavy atom. The van der Waals surface area contributed by atoms with Crippen LogP contribution in [0.25, 0.3) is 0 Å². The smallest absolute Gasteiger partial charge is 0.147 e.